The second-order valence-corrected chi connectivity index (χ2v) is 10.2. The van der Waals surface area contributed by atoms with E-state index in [4.69, 9.17) is 0 Å². The van der Waals surface area contributed by atoms with E-state index in [1.165, 1.54) is 12.2 Å². The number of Topliss-reactive ketones (excluding diaryl/α,β-unsaturated/α-hetero) is 1. The van der Waals surface area contributed by atoms with Crippen LogP contribution in [0.3, 0.4) is 0 Å². The molecule has 0 amide bonds. The maximum Gasteiger partial charge on any atom is 0.149 e. The van der Waals surface area contributed by atoms with Gasteiger partial charge in [-0.2, -0.15) is 0 Å². The number of nitrogens with zero attached hydrogens (tertiary/aromatic N) is 2. The van der Waals surface area contributed by atoms with Gasteiger partial charge in [-0.15, -0.1) is 0 Å². The van der Waals surface area contributed by atoms with E-state index in [0.717, 1.165) is 49.6 Å². The molecule has 0 spiro atoms. The Kier molecular flexibility index (Phi) is 18.7. The maximum absolute atomic E-state index is 13.7. The average Bonchev–Trinajstić information content (AvgIpc) is 2.96. The highest BCUT2D eigenvalue weighted by Gasteiger charge is 2.32. The lowest BCUT2D eigenvalue weighted by Gasteiger charge is -2.39. The fraction of sp³-hybridized carbons (Fsp3) is 0.438. The van der Waals surface area contributed by atoms with Gasteiger partial charge in [0, 0.05) is 24.7 Å². The molecule has 1 aliphatic heterocycles. The van der Waals surface area contributed by atoms with Gasteiger partial charge < -0.3 is 10.2 Å². The Bertz CT molecular complexity index is 1070. The quantitative estimate of drug-likeness (QED) is 0.115. The van der Waals surface area contributed by atoms with Crippen LogP contribution in [0, 0.1) is 6.92 Å². The van der Waals surface area contributed by atoms with Crippen molar-refractivity contribution < 1.29 is 22.4 Å². The largest absolute Gasteiger partial charge is 0.356 e. The lowest BCUT2D eigenvalue weighted by molar-refractivity contribution is -0.123. The van der Waals surface area contributed by atoms with Crippen molar-refractivity contribution in [1.82, 2.24) is 10.2 Å². The number of aliphatic imine (C=N–C) groups is 1. The Hall–Kier alpha value is -2.83. The molecule has 1 aliphatic rings. The molecule has 1 aromatic carbocycles. The SMILES string of the molecule is C=C/C(=C(\N=C)N1CCC(NC(C)(CC)C(C)=O)CC1)C(F)P.C=C/C(=C\C(F)=C/CF)c1ccc(C)cc1.CF. The topological polar surface area (TPSA) is 44.7 Å². The number of carbonyl (C=O) groups excluding carboxylic acids is 1. The Labute approximate surface area is 246 Å². The Morgan fingerprint density at radius 1 is 1.22 bits per heavy atom. The highest BCUT2D eigenvalue weighted by molar-refractivity contribution is 7.17. The number of benzene rings is 1. The third-order valence-electron chi connectivity index (χ3n) is 6.90. The van der Waals surface area contributed by atoms with Crippen molar-refractivity contribution in [3.8, 4) is 0 Å². The van der Waals surface area contributed by atoms with Crippen molar-refractivity contribution in [3.63, 3.8) is 0 Å². The first-order valence-electron chi connectivity index (χ1n) is 13.4. The van der Waals surface area contributed by atoms with Gasteiger partial charge in [0.25, 0.3) is 0 Å². The first-order valence-corrected chi connectivity index (χ1v) is 14.1. The summed E-state index contributed by atoms with van der Waals surface area (Å²) in [5, 5.41) is 3.49. The molecule has 3 unspecified atom stereocenters. The number of likely N-dealkylation sites (tertiary alicyclic amines) is 1. The molecule has 1 fully saturated rings. The van der Waals surface area contributed by atoms with Crippen molar-refractivity contribution in [2.75, 3.05) is 26.9 Å². The molecule has 228 valence electrons. The van der Waals surface area contributed by atoms with Gasteiger partial charge in [0.2, 0.25) is 0 Å². The number of alkyl halides is 3. The van der Waals surface area contributed by atoms with E-state index in [1.54, 1.807) is 13.0 Å². The normalized spacial score (nSPS) is 17.0. The predicted molar refractivity (Wildman–Crippen MR) is 170 cm³/mol. The number of allylic oxidation sites excluding steroid dienone is 7. The molecule has 1 aromatic rings. The zero-order valence-electron chi connectivity index (χ0n) is 25.0. The van der Waals surface area contributed by atoms with Crippen molar-refractivity contribution in [2.24, 2.45) is 4.99 Å². The highest BCUT2D eigenvalue weighted by atomic mass is 31.0. The summed E-state index contributed by atoms with van der Waals surface area (Å²) in [6.45, 7) is 19.1. The van der Waals surface area contributed by atoms with Gasteiger partial charge in [0.1, 0.15) is 30.0 Å². The monoisotopic (exact) mass is 595 g/mol. The predicted octanol–water partition coefficient (Wildman–Crippen LogP) is 8.04. The van der Waals surface area contributed by atoms with Crippen LogP contribution in [-0.4, -0.2) is 61.8 Å². The summed E-state index contributed by atoms with van der Waals surface area (Å²) >= 11 is 0. The molecule has 1 heterocycles. The minimum atomic E-state index is -1.20. The summed E-state index contributed by atoms with van der Waals surface area (Å²) < 4.78 is 48.1. The van der Waals surface area contributed by atoms with Crippen LogP contribution in [0.15, 0.2) is 83.9 Å². The molecule has 4 nitrogen and oxygen atoms in total. The molecular formula is C32H46F4N3OP. The average molecular weight is 596 g/mol. The molecule has 0 aromatic heterocycles. The van der Waals surface area contributed by atoms with Gasteiger partial charge in [0.05, 0.1) is 12.7 Å². The summed E-state index contributed by atoms with van der Waals surface area (Å²) in [5.41, 5.74) is 2.61. The molecule has 1 N–H and O–H groups in total. The molecule has 0 saturated carbocycles. The van der Waals surface area contributed by atoms with Crippen LogP contribution >= 0.6 is 9.24 Å². The number of ketones is 1. The van der Waals surface area contributed by atoms with Crippen molar-refractivity contribution in [1.29, 1.82) is 0 Å². The number of hydrogen-bond acceptors (Lipinski definition) is 4. The molecule has 41 heavy (non-hydrogen) atoms. The fourth-order valence-corrected chi connectivity index (χ4v) is 4.41. The number of halogens is 4. The third-order valence-corrected chi connectivity index (χ3v) is 7.26. The molecule has 9 heteroatoms. The number of hydrogen-bond donors (Lipinski definition) is 1. The molecule has 3 atom stereocenters. The van der Waals surface area contributed by atoms with E-state index in [0.29, 0.717) is 24.1 Å². The number of aryl methyl sites for hydroxylation is 1. The van der Waals surface area contributed by atoms with Crippen LogP contribution < -0.4 is 5.32 Å². The van der Waals surface area contributed by atoms with E-state index < -0.39 is 24.0 Å². The number of rotatable bonds is 12. The second-order valence-electron chi connectivity index (χ2n) is 9.60. The lowest BCUT2D eigenvalue weighted by Crippen LogP contribution is -2.55. The molecule has 1 saturated heterocycles. The van der Waals surface area contributed by atoms with Gasteiger partial charge in [0.15, 0.2) is 0 Å². The van der Waals surface area contributed by atoms with Crippen LogP contribution in [0.25, 0.3) is 5.57 Å². The second kappa shape index (κ2) is 20.1. The Balaban J connectivity index is 0.000000777. The molecule has 2 rings (SSSR count). The van der Waals surface area contributed by atoms with E-state index in [9.17, 15) is 22.4 Å². The van der Waals surface area contributed by atoms with E-state index >= 15 is 0 Å². The lowest BCUT2D eigenvalue weighted by atomic mass is 9.91. The summed E-state index contributed by atoms with van der Waals surface area (Å²) in [5.74, 6) is -1.07. The van der Waals surface area contributed by atoms with Crippen molar-refractivity contribution in [2.45, 2.75) is 64.5 Å². The van der Waals surface area contributed by atoms with E-state index in [2.05, 4.69) is 39.4 Å². The Morgan fingerprint density at radius 2 is 1.78 bits per heavy atom. The van der Waals surface area contributed by atoms with E-state index in [1.807, 2.05) is 49.9 Å². The number of carbonyl (C=O) groups is 1. The highest BCUT2D eigenvalue weighted by Crippen LogP contribution is 2.26. The summed E-state index contributed by atoms with van der Waals surface area (Å²) in [7, 11) is 2.62. The molecule has 0 bridgehead atoms. The molecule has 0 aliphatic carbocycles. The minimum absolute atomic E-state index is 0.160. The number of nitrogens with one attached hydrogen (secondary N) is 1. The fourth-order valence-electron chi connectivity index (χ4n) is 4.13. The molecule has 0 radical (unpaired) electrons. The van der Waals surface area contributed by atoms with E-state index in [-0.39, 0.29) is 11.8 Å². The van der Waals surface area contributed by atoms with Crippen molar-refractivity contribution in [3.05, 3.63) is 90.1 Å². The summed E-state index contributed by atoms with van der Waals surface area (Å²) in [4.78, 5) is 17.9. The van der Waals surface area contributed by atoms with Crippen LogP contribution in [-0.2, 0) is 4.79 Å². The van der Waals surface area contributed by atoms with Gasteiger partial charge in [-0.3, -0.25) is 9.18 Å². The molecular weight excluding hydrogens is 549 g/mol. The standard InChI is InChI=1S/C17H29FN3OP.C14H14F2.CH3F/c1-6-14(15(18)23)16(19-5)21-10-8-13(9-11-21)20-17(4,7-2)12(3)22;1-3-12(10-14(16)8-9-15)13-6-4-11(2)5-7-13;1-2/h6,13,15,20H,1,5,7-11,23H2,2-4H3;3-8,10H,1,9H2,2H3;1H3/b16-14-;12-10+,14-8+;. The van der Waals surface area contributed by atoms with Crippen LogP contribution in [0.1, 0.15) is 51.2 Å². The zero-order valence-corrected chi connectivity index (χ0v) is 26.2. The smallest absolute Gasteiger partial charge is 0.149 e. The maximum atomic E-state index is 13.7. The van der Waals surface area contributed by atoms with Crippen LogP contribution in [0.4, 0.5) is 17.6 Å². The van der Waals surface area contributed by atoms with Crippen LogP contribution in [0.2, 0.25) is 0 Å². The van der Waals surface area contributed by atoms with Crippen LogP contribution in [0.5, 0.6) is 0 Å². The Morgan fingerprint density at radius 3 is 2.17 bits per heavy atom. The summed E-state index contributed by atoms with van der Waals surface area (Å²) in [6, 6.07) is 7.90. The van der Waals surface area contributed by atoms with Crippen molar-refractivity contribution >= 4 is 27.3 Å². The third kappa shape index (κ3) is 12.7. The number of piperidine rings is 1. The first-order chi connectivity index (χ1) is 19.5. The summed E-state index contributed by atoms with van der Waals surface area (Å²) in [6.07, 6.45) is 7.72. The van der Waals surface area contributed by atoms with Gasteiger partial charge >= 0.3 is 0 Å². The minimum Gasteiger partial charge on any atom is -0.356 e. The zero-order chi connectivity index (χ0) is 31.6. The van der Waals surface area contributed by atoms with Gasteiger partial charge in [-0.05, 0) is 70.0 Å². The first kappa shape index (κ1) is 38.2. The van der Waals surface area contributed by atoms with Gasteiger partial charge in [-0.1, -0.05) is 71.3 Å². The van der Waals surface area contributed by atoms with Gasteiger partial charge in [-0.25, -0.2) is 18.2 Å².